The lowest BCUT2D eigenvalue weighted by molar-refractivity contribution is -0.145. The minimum atomic E-state index is -0.551. The molecule has 0 N–H and O–H groups in total. The Hall–Kier alpha value is -2.29. The number of esters is 1. The molecule has 0 amide bonds. The van der Waals surface area contributed by atoms with E-state index >= 15 is 0 Å². The number of carbonyl (C=O) groups excluding carboxylic acids is 1. The Labute approximate surface area is 130 Å². The molecule has 3 unspecified atom stereocenters. The van der Waals surface area contributed by atoms with E-state index in [1.165, 1.54) is 18.2 Å². The molecule has 1 saturated heterocycles. The molecular weight excluding hydrogens is 274 g/mol. The van der Waals surface area contributed by atoms with Crippen molar-refractivity contribution in [2.24, 2.45) is 5.92 Å². The number of hydrogen-bond acceptors (Lipinski definition) is 3. The Morgan fingerprint density at radius 1 is 1.14 bits per heavy atom. The van der Waals surface area contributed by atoms with Crippen LogP contribution in [0.4, 0.5) is 5.69 Å². The zero-order valence-electron chi connectivity index (χ0n) is 12.8. The molecule has 1 aliphatic heterocycles. The van der Waals surface area contributed by atoms with Crippen molar-refractivity contribution in [2.75, 3.05) is 12.0 Å². The van der Waals surface area contributed by atoms with Crippen LogP contribution in [-0.4, -0.2) is 18.6 Å². The van der Waals surface area contributed by atoms with E-state index < -0.39 is 5.54 Å². The Balaban J connectivity index is 1.88. The van der Waals surface area contributed by atoms with Crippen LogP contribution in [0.3, 0.4) is 0 Å². The second-order valence-electron chi connectivity index (χ2n) is 6.23. The predicted octanol–water partition coefficient (Wildman–Crippen LogP) is 3.35. The highest BCUT2D eigenvalue weighted by Gasteiger charge is 2.73. The second kappa shape index (κ2) is 4.60. The highest BCUT2D eigenvalue weighted by atomic mass is 16.5. The first-order valence-corrected chi connectivity index (χ1v) is 7.72. The fourth-order valence-corrected chi connectivity index (χ4v) is 4.19. The molecule has 0 spiro atoms. The van der Waals surface area contributed by atoms with Gasteiger partial charge in [-0.25, -0.2) is 4.79 Å². The Morgan fingerprint density at radius 2 is 1.82 bits per heavy atom. The Bertz CT molecular complexity index is 727. The summed E-state index contributed by atoms with van der Waals surface area (Å²) in [5.74, 6) is 0.100. The number of carbonyl (C=O) groups is 1. The Morgan fingerprint density at radius 3 is 2.55 bits per heavy atom. The molecule has 0 bridgehead atoms. The maximum Gasteiger partial charge on any atom is 0.334 e. The van der Waals surface area contributed by atoms with Gasteiger partial charge in [0.25, 0.3) is 0 Å². The highest BCUT2D eigenvalue weighted by molar-refractivity contribution is 5.96. The molecule has 4 rings (SSSR count). The van der Waals surface area contributed by atoms with Gasteiger partial charge in [0, 0.05) is 5.69 Å². The van der Waals surface area contributed by atoms with Gasteiger partial charge >= 0.3 is 5.97 Å². The number of nitrogens with zero attached hydrogens (tertiary/aromatic N) is 1. The minimum absolute atomic E-state index is 0.0855. The largest absolute Gasteiger partial charge is 0.467 e. The van der Waals surface area contributed by atoms with Crippen molar-refractivity contribution in [1.29, 1.82) is 0 Å². The fraction of sp³-hybridized carbons (Fsp3) is 0.316. The van der Waals surface area contributed by atoms with Gasteiger partial charge in [-0.05, 0) is 35.6 Å². The van der Waals surface area contributed by atoms with E-state index in [1.54, 1.807) is 0 Å². The molecule has 1 fully saturated rings. The summed E-state index contributed by atoms with van der Waals surface area (Å²) in [4.78, 5) is 14.9. The lowest BCUT2D eigenvalue weighted by atomic mass is 9.76. The van der Waals surface area contributed by atoms with Crippen LogP contribution < -0.4 is 4.90 Å². The number of benzene rings is 2. The molecule has 0 saturated carbocycles. The molecule has 3 heteroatoms. The van der Waals surface area contributed by atoms with E-state index in [2.05, 4.69) is 48.2 Å². The summed E-state index contributed by atoms with van der Waals surface area (Å²) < 4.78 is 5.19. The third kappa shape index (κ3) is 1.54. The van der Waals surface area contributed by atoms with Gasteiger partial charge < -0.3 is 9.64 Å². The summed E-state index contributed by atoms with van der Waals surface area (Å²) in [5.41, 5.74) is 3.14. The average molecular weight is 293 g/mol. The molecule has 2 aromatic carbocycles. The van der Waals surface area contributed by atoms with E-state index in [1.807, 2.05) is 18.2 Å². The van der Waals surface area contributed by atoms with Gasteiger partial charge in [-0.1, -0.05) is 49.4 Å². The quantitative estimate of drug-likeness (QED) is 0.628. The van der Waals surface area contributed by atoms with Gasteiger partial charge in [0.05, 0.1) is 13.2 Å². The van der Waals surface area contributed by atoms with Crippen LogP contribution in [0.25, 0.3) is 0 Å². The molecule has 22 heavy (non-hydrogen) atoms. The van der Waals surface area contributed by atoms with Gasteiger partial charge in [0.15, 0.2) is 5.54 Å². The van der Waals surface area contributed by atoms with Crippen LogP contribution in [0.2, 0.25) is 0 Å². The third-order valence-electron chi connectivity index (χ3n) is 5.18. The molecule has 112 valence electrons. The van der Waals surface area contributed by atoms with Crippen LogP contribution in [0.15, 0.2) is 54.6 Å². The summed E-state index contributed by atoms with van der Waals surface area (Å²) in [6.45, 7) is 2.16. The first-order valence-electron chi connectivity index (χ1n) is 7.72. The summed E-state index contributed by atoms with van der Waals surface area (Å²) in [5, 5.41) is 0. The van der Waals surface area contributed by atoms with Crippen LogP contribution in [0, 0.1) is 5.92 Å². The van der Waals surface area contributed by atoms with E-state index in [-0.39, 0.29) is 17.9 Å². The maximum atomic E-state index is 12.7. The molecule has 3 nitrogen and oxygen atoms in total. The summed E-state index contributed by atoms with van der Waals surface area (Å²) >= 11 is 0. The van der Waals surface area contributed by atoms with E-state index in [9.17, 15) is 4.79 Å². The van der Waals surface area contributed by atoms with E-state index in [0.29, 0.717) is 0 Å². The van der Waals surface area contributed by atoms with Crippen molar-refractivity contribution in [3.8, 4) is 0 Å². The predicted molar refractivity (Wildman–Crippen MR) is 85.7 cm³/mol. The molecular formula is C19H19NO2. The molecule has 0 aromatic heterocycles. The number of anilines is 1. The number of ether oxygens (including phenoxy) is 1. The first-order chi connectivity index (χ1) is 10.7. The van der Waals surface area contributed by atoms with Crippen molar-refractivity contribution in [3.63, 3.8) is 0 Å². The SMILES string of the molecule is COC(=O)C12C(C)Cc3ccccc3C1N2c1ccccc1. The molecule has 1 aliphatic carbocycles. The highest BCUT2D eigenvalue weighted by Crippen LogP contribution is 2.63. The fourth-order valence-electron chi connectivity index (χ4n) is 4.19. The van der Waals surface area contributed by atoms with Crippen molar-refractivity contribution < 1.29 is 9.53 Å². The molecule has 3 atom stereocenters. The third-order valence-corrected chi connectivity index (χ3v) is 5.18. The normalized spacial score (nSPS) is 28.5. The first kappa shape index (κ1) is 13.4. The number of rotatable bonds is 2. The zero-order chi connectivity index (χ0) is 15.3. The van der Waals surface area contributed by atoms with Crippen molar-refractivity contribution in [2.45, 2.75) is 24.9 Å². The topological polar surface area (TPSA) is 29.3 Å². The monoisotopic (exact) mass is 293 g/mol. The lowest BCUT2D eigenvalue weighted by Crippen LogP contribution is -2.40. The lowest BCUT2D eigenvalue weighted by Gasteiger charge is -2.26. The summed E-state index contributed by atoms with van der Waals surface area (Å²) in [6, 6.07) is 18.7. The van der Waals surface area contributed by atoms with Crippen molar-refractivity contribution in [3.05, 3.63) is 65.7 Å². The van der Waals surface area contributed by atoms with Crippen molar-refractivity contribution >= 4 is 11.7 Å². The minimum Gasteiger partial charge on any atom is -0.467 e. The van der Waals surface area contributed by atoms with Crippen LogP contribution in [-0.2, 0) is 16.0 Å². The van der Waals surface area contributed by atoms with Gasteiger partial charge in [-0.2, -0.15) is 0 Å². The van der Waals surface area contributed by atoms with Gasteiger partial charge in [-0.15, -0.1) is 0 Å². The average Bonchev–Trinajstić information content (AvgIpc) is 3.27. The Kier molecular flexibility index (Phi) is 2.80. The molecule has 2 aromatic rings. The number of hydrogen-bond donors (Lipinski definition) is 0. The summed E-state index contributed by atoms with van der Waals surface area (Å²) in [6.07, 6.45) is 0.908. The van der Waals surface area contributed by atoms with E-state index in [4.69, 9.17) is 4.74 Å². The standard InChI is InChI=1S/C19H19NO2/c1-13-12-14-8-6-7-11-16(14)17-19(13,18(21)22-2)20(17)15-9-4-3-5-10-15/h3-11,13,17H,12H2,1-2H3. The second-order valence-corrected chi connectivity index (χ2v) is 6.23. The van der Waals surface area contributed by atoms with Crippen LogP contribution in [0.5, 0.6) is 0 Å². The van der Waals surface area contributed by atoms with Crippen LogP contribution in [0.1, 0.15) is 24.1 Å². The smallest absolute Gasteiger partial charge is 0.334 e. The van der Waals surface area contributed by atoms with Crippen LogP contribution >= 0.6 is 0 Å². The zero-order valence-corrected chi connectivity index (χ0v) is 12.8. The van der Waals surface area contributed by atoms with E-state index in [0.717, 1.165) is 12.1 Å². The van der Waals surface area contributed by atoms with Gasteiger partial charge in [0.2, 0.25) is 0 Å². The molecule has 1 heterocycles. The molecule has 0 radical (unpaired) electrons. The number of fused-ring (bicyclic) bond motifs is 3. The van der Waals surface area contributed by atoms with Gasteiger partial charge in [-0.3, -0.25) is 0 Å². The molecule has 2 aliphatic rings. The van der Waals surface area contributed by atoms with Crippen molar-refractivity contribution in [1.82, 2.24) is 0 Å². The summed E-state index contributed by atoms with van der Waals surface area (Å²) in [7, 11) is 1.49. The maximum absolute atomic E-state index is 12.7. The van der Waals surface area contributed by atoms with Gasteiger partial charge in [0.1, 0.15) is 0 Å². The number of methoxy groups -OCH3 is 1. The number of para-hydroxylation sites is 1.